The molecular formula is C19H25F4IN6. The second kappa shape index (κ2) is 10.4. The average Bonchev–Trinajstić information content (AvgIpc) is 3.26. The molecule has 0 bridgehead atoms. The Morgan fingerprint density at radius 1 is 1.33 bits per heavy atom. The fourth-order valence-electron chi connectivity index (χ4n) is 3.41. The lowest BCUT2D eigenvalue weighted by molar-refractivity contribution is -0.143. The van der Waals surface area contributed by atoms with Crippen LogP contribution >= 0.6 is 24.0 Å². The Balaban J connectivity index is 0.00000320. The van der Waals surface area contributed by atoms with Crippen LogP contribution in [0.25, 0.3) is 5.69 Å². The fraction of sp³-hybridized carbons (Fsp3) is 0.474. The van der Waals surface area contributed by atoms with E-state index in [0.717, 1.165) is 5.56 Å². The van der Waals surface area contributed by atoms with E-state index in [2.05, 4.69) is 20.6 Å². The zero-order valence-electron chi connectivity index (χ0n) is 16.7. The van der Waals surface area contributed by atoms with Gasteiger partial charge in [-0.05, 0) is 31.0 Å². The molecule has 6 nitrogen and oxygen atoms in total. The highest BCUT2D eigenvalue weighted by molar-refractivity contribution is 14.0. The predicted octanol–water partition coefficient (Wildman–Crippen LogP) is 3.24. The first kappa shape index (κ1) is 24.4. The summed E-state index contributed by atoms with van der Waals surface area (Å²) < 4.78 is 53.7. The van der Waals surface area contributed by atoms with Crippen LogP contribution in [0.2, 0.25) is 0 Å². The van der Waals surface area contributed by atoms with Crippen LogP contribution in [-0.2, 0) is 6.54 Å². The molecule has 1 saturated heterocycles. The minimum Gasteiger partial charge on any atom is -0.352 e. The lowest BCUT2D eigenvalue weighted by Crippen LogP contribution is -2.44. The highest BCUT2D eigenvalue weighted by Crippen LogP contribution is 2.20. The molecule has 2 aromatic rings. The zero-order valence-corrected chi connectivity index (χ0v) is 19.0. The number of likely N-dealkylation sites (tertiary alicyclic amines) is 1. The van der Waals surface area contributed by atoms with Crippen LogP contribution < -0.4 is 10.6 Å². The first-order valence-electron chi connectivity index (χ1n) is 9.30. The number of aromatic nitrogens is 2. The van der Waals surface area contributed by atoms with Gasteiger partial charge in [0.05, 0.1) is 12.2 Å². The minimum absolute atomic E-state index is 0. The summed E-state index contributed by atoms with van der Waals surface area (Å²) in [4.78, 5) is 9.57. The van der Waals surface area contributed by atoms with Crippen molar-refractivity contribution < 1.29 is 17.6 Å². The van der Waals surface area contributed by atoms with Crippen molar-refractivity contribution in [3.05, 3.63) is 47.8 Å². The lowest BCUT2D eigenvalue weighted by Gasteiger charge is -2.20. The van der Waals surface area contributed by atoms with E-state index in [4.69, 9.17) is 0 Å². The summed E-state index contributed by atoms with van der Waals surface area (Å²) in [5.74, 6) is 0.793. The van der Waals surface area contributed by atoms with Crippen molar-refractivity contribution in [2.45, 2.75) is 32.1 Å². The second-order valence-electron chi connectivity index (χ2n) is 7.04. The van der Waals surface area contributed by atoms with Crippen LogP contribution in [0, 0.1) is 12.7 Å². The first-order valence-corrected chi connectivity index (χ1v) is 9.30. The number of aryl methyl sites for hydroxylation is 1. The van der Waals surface area contributed by atoms with Crippen molar-refractivity contribution in [1.29, 1.82) is 0 Å². The van der Waals surface area contributed by atoms with Crippen molar-refractivity contribution >= 4 is 29.9 Å². The molecule has 1 aromatic carbocycles. The molecule has 1 atom stereocenters. The van der Waals surface area contributed by atoms with E-state index in [0.29, 0.717) is 43.5 Å². The van der Waals surface area contributed by atoms with Crippen LogP contribution in [0.5, 0.6) is 0 Å². The molecule has 1 aliphatic heterocycles. The molecule has 0 aliphatic carbocycles. The van der Waals surface area contributed by atoms with E-state index in [-0.39, 0.29) is 35.8 Å². The third kappa shape index (κ3) is 6.56. The van der Waals surface area contributed by atoms with E-state index in [1.165, 1.54) is 11.0 Å². The number of nitrogens with zero attached hydrogens (tertiary/aromatic N) is 4. The van der Waals surface area contributed by atoms with Crippen molar-refractivity contribution in [1.82, 2.24) is 25.1 Å². The van der Waals surface area contributed by atoms with Gasteiger partial charge in [-0.2, -0.15) is 13.2 Å². The van der Waals surface area contributed by atoms with Gasteiger partial charge in [-0.3, -0.25) is 9.89 Å². The molecule has 0 spiro atoms. The standard InChI is InChI=1S/C19H24F4N6.HI/c1-13-25-6-8-29(13)17-4-3-14(9-16(17)20)10-26-18(24-2)27-15-5-7-28(11-15)12-19(21,22)23;/h3-4,6,8-9,15H,5,7,10-12H2,1-2H3,(H2,24,26,27);1H. The number of nitrogens with one attached hydrogen (secondary N) is 2. The number of hydrogen-bond donors (Lipinski definition) is 2. The normalized spacial score (nSPS) is 17.7. The molecular weight excluding hydrogens is 515 g/mol. The maximum atomic E-state index is 14.5. The van der Waals surface area contributed by atoms with Crippen LogP contribution in [0.3, 0.4) is 0 Å². The van der Waals surface area contributed by atoms with Gasteiger partial charge in [0.1, 0.15) is 11.6 Å². The molecule has 0 radical (unpaired) electrons. The molecule has 166 valence electrons. The van der Waals surface area contributed by atoms with Gasteiger partial charge in [0, 0.05) is 45.1 Å². The van der Waals surface area contributed by atoms with Gasteiger partial charge in [-0.25, -0.2) is 9.37 Å². The Hall–Kier alpha value is -1.89. The summed E-state index contributed by atoms with van der Waals surface area (Å²) in [7, 11) is 1.59. The van der Waals surface area contributed by atoms with E-state index >= 15 is 0 Å². The molecule has 3 rings (SSSR count). The third-order valence-corrected chi connectivity index (χ3v) is 4.80. The minimum atomic E-state index is -4.19. The Morgan fingerprint density at radius 2 is 2.10 bits per heavy atom. The highest BCUT2D eigenvalue weighted by atomic mass is 127. The summed E-state index contributed by atoms with van der Waals surface area (Å²) in [6.07, 6.45) is -0.287. The lowest BCUT2D eigenvalue weighted by atomic mass is 10.2. The monoisotopic (exact) mass is 540 g/mol. The summed E-state index contributed by atoms with van der Waals surface area (Å²) in [6, 6.07) is 4.81. The number of hydrogen-bond acceptors (Lipinski definition) is 3. The van der Waals surface area contributed by atoms with Gasteiger partial charge in [-0.1, -0.05) is 6.07 Å². The Morgan fingerprint density at radius 3 is 2.70 bits per heavy atom. The Bertz CT molecular complexity index is 867. The zero-order chi connectivity index (χ0) is 21.0. The molecule has 30 heavy (non-hydrogen) atoms. The van der Waals surface area contributed by atoms with Crippen molar-refractivity contribution in [2.24, 2.45) is 4.99 Å². The predicted molar refractivity (Wildman–Crippen MR) is 118 cm³/mol. The fourth-order valence-corrected chi connectivity index (χ4v) is 3.41. The summed E-state index contributed by atoms with van der Waals surface area (Å²) in [5, 5.41) is 6.21. The van der Waals surface area contributed by atoms with E-state index in [1.807, 2.05) is 0 Å². The average molecular weight is 540 g/mol. The highest BCUT2D eigenvalue weighted by Gasteiger charge is 2.34. The number of halogens is 5. The number of guanidine groups is 1. The van der Waals surface area contributed by atoms with Crippen LogP contribution in [0.4, 0.5) is 17.6 Å². The topological polar surface area (TPSA) is 57.5 Å². The quantitative estimate of drug-likeness (QED) is 0.265. The number of aliphatic imine (C=N–C) groups is 1. The third-order valence-electron chi connectivity index (χ3n) is 4.80. The summed E-state index contributed by atoms with van der Waals surface area (Å²) in [5.41, 5.74) is 1.14. The number of imidazole rings is 1. The SMILES string of the molecule is CN=C(NCc1ccc(-n2ccnc2C)c(F)c1)NC1CCN(CC(F)(F)F)C1.I. The molecule has 1 aliphatic rings. The van der Waals surface area contributed by atoms with Gasteiger partial charge in [0.15, 0.2) is 5.96 Å². The molecule has 1 unspecified atom stereocenters. The van der Waals surface area contributed by atoms with Gasteiger partial charge >= 0.3 is 6.18 Å². The molecule has 1 fully saturated rings. The van der Waals surface area contributed by atoms with E-state index in [9.17, 15) is 17.6 Å². The van der Waals surface area contributed by atoms with Crippen molar-refractivity contribution in [3.8, 4) is 5.69 Å². The molecule has 2 heterocycles. The molecule has 11 heteroatoms. The maximum Gasteiger partial charge on any atom is 0.401 e. The number of benzene rings is 1. The number of alkyl halides is 3. The summed E-state index contributed by atoms with van der Waals surface area (Å²) >= 11 is 0. The van der Waals surface area contributed by atoms with Crippen LogP contribution in [0.15, 0.2) is 35.6 Å². The van der Waals surface area contributed by atoms with Gasteiger partial charge in [0.2, 0.25) is 0 Å². The molecule has 0 saturated carbocycles. The Labute approximate surface area is 189 Å². The van der Waals surface area contributed by atoms with Crippen LogP contribution in [0.1, 0.15) is 17.8 Å². The summed E-state index contributed by atoms with van der Waals surface area (Å²) in [6.45, 7) is 1.91. The number of rotatable bonds is 5. The van der Waals surface area contributed by atoms with E-state index in [1.54, 1.807) is 43.1 Å². The molecule has 1 aromatic heterocycles. The van der Waals surface area contributed by atoms with E-state index < -0.39 is 12.7 Å². The molecule has 0 amide bonds. The smallest absolute Gasteiger partial charge is 0.352 e. The maximum absolute atomic E-state index is 14.5. The van der Waals surface area contributed by atoms with Crippen molar-refractivity contribution in [2.75, 3.05) is 26.7 Å². The second-order valence-corrected chi connectivity index (χ2v) is 7.04. The largest absolute Gasteiger partial charge is 0.401 e. The Kier molecular flexibility index (Phi) is 8.47. The van der Waals surface area contributed by atoms with Gasteiger partial charge in [-0.15, -0.1) is 24.0 Å². The van der Waals surface area contributed by atoms with Gasteiger partial charge in [0.25, 0.3) is 0 Å². The molecule has 2 N–H and O–H groups in total. The van der Waals surface area contributed by atoms with Gasteiger partial charge < -0.3 is 15.2 Å². The van der Waals surface area contributed by atoms with Crippen LogP contribution in [-0.4, -0.2) is 59.3 Å². The van der Waals surface area contributed by atoms with Crippen molar-refractivity contribution in [3.63, 3.8) is 0 Å². The first-order chi connectivity index (χ1) is 13.7.